The molecule has 4 rings (SSSR count). The number of hydrogen-bond acceptors (Lipinski definition) is 6. The van der Waals surface area contributed by atoms with E-state index in [4.69, 9.17) is 21.0 Å². The van der Waals surface area contributed by atoms with Crippen LogP contribution in [0.1, 0.15) is 13.8 Å². The summed E-state index contributed by atoms with van der Waals surface area (Å²) in [5.41, 5.74) is 13.5. The van der Waals surface area contributed by atoms with Gasteiger partial charge in [0.25, 0.3) is 5.85 Å². The van der Waals surface area contributed by atoms with Crippen LogP contribution >= 0.6 is 0 Å². The molecule has 3 heterocycles. The normalized spacial score (nSPS) is 27.9. The number of anilines is 3. The number of nitrogens with zero attached hydrogens (tertiary/aromatic N) is 2. The molecule has 6 nitrogen and oxygen atoms in total. The lowest BCUT2D eigenvalue weighted by Gasteiger charge is -2.42. The van der Waals surface area contributed by atoms with E-state index < -0.39 is 5.85 Å². The van der Waals surface area contributed by atoms with Crippen LogP contribution in [0, 0.1) is 0 Å². The fourth-order valence-corrected chi connectivity index (χ4v) is 2.91. The third kappa shape index (κ3) is 1.69. The van der Waals surface area contributed by atoms with E-state index in [2.05, 4.69) is 4.90 Å². The third-order valence-corrected chi connectivity index (χ3v) is 3.93. The number of nitrogen functional groups attached to an aromatic ring is 2. The Morgan fingerprint density at radius 2 is 1.90 bits per heavy atom. The predicted molar refractivity (Wildman–Crippen MR) is 81.3 cm³/mol. The van der Waals surface area contributed by atoms with Crippen molar-refractivity contribution in [2.75, 3.05) is 22.9 Å². The van der Waals surface area contributed by atoms with E-state index in [0.29, 0.717) is 17.9 Å². The Bertz CT molecular complexity index is 682. The summed E-state index contributed by atoms with van der Waals surface area (Å²) in [5, 5.41) is 1.81. The van der Waals surface area contributed by atoms with Gasteiger partial charge in [-0.25, -0.2) is 4.84 Å². The highest BCUT2D eigenvalue weighted by Gasteiger charge is 2.60. The van der Waals surface area contributed by atoms with E-state index in [0.717, 1.165) is 11.4 Å². The first kappa shape index (κ1) is 12.4. The molecule has 4 N–H and O–H groups in total. The molecule has 0 aromatic heterocycles. The van der Waals surface area contributed by atoms with Crippen LogP contribution in [0.25, 0.3) is 0 Å². The second-order valence-electron chi connectivity index (χ2n) is 6.17. The second-order valence-corrected chi connectivity index (χ2v) is 6.17. The summed E-state index contributed by atoms with van der Waals surface area (Å²) >= 11 is 0. The van der Waals surface area contributed by atoms with Gasteiger partial charge >= 0.3 is 0 Å². The molecule has 0 amide bonds. The molecule has 1 unspecified atom stereocenters. The number of hydrogen-bond donors (Lipinski definition) is 2. The average Bonchev–Trinajstić information content (AvgIpc) is 3.15. The van der Waals surface area contributed by atoms with E-state index in [1.54, 1.807) is 6.07 Å². The Kier molecular flexibility index (Phi) is 2.15. The molecule has 3 aliphatic heterocycles. The summed E-state index contributed by atoms with van der Waals surface area (Å²) in [7, 11) is 0. The number of nitrogens with two attached hydrogens (primary N) is 2. The minimum atomic E-state index is -0.576. The molecule has 1 aromatic carbocycles. The maximum atomic E-state index is 6.05. The lowest BCUT2D eigenvalue weighted by Crippen LogP contribution is -2.53. The zero-order valence-electron chi connectivity index (χ0n) is 12.0. The number of hydroxylamine groups is 2. The highest BCUT2D eigenvalue weighted by Crippen LogP contribution is 2.51. The molecule has 1 saturated heterocycles. The Hall–Kier alpha value is -2.34. The van der Waals surface area contributed by atoms with E-state index in [9.17, 15) is 0 Å². The molecule has 0 radical (unpaired) electrons. The van der Waals surface area contributed by atoms with Gasteiger partial charge in [0.2, 0.25) is 0 Å². The monoisotopic (exact) mass is 286 g/mol. The fourth-order valence-electron chi connectivity index (χ4n) is 2.91. The molecule has 110 valence electrons. The highest BCUT2D eigenvalue weighted by molar-refractivity contribution is 5.77. The van der Waals surface area contributed by atoms with Crippen molar-refractivity contribution >= 4 is 17.1 Å². The topological polar surface area (TPSA) is 80.0 Å². The zero-order valence-corrected chi connectivity index (χ0v) is 12.0. The smallest absolute Gasteiger partial charge is 0.288 e. The summed E-state index contributed by atoms with van der Waals surface area (Å²) in [6, 6.07) is 3.63. The van der Waals surface area contributed by atoms with Crippen molar-refractivity contribution in [3.8, 4) is 5.75 Å². The van der Waals surface area contributed by atoms with Gasteiger partial charge in [-0.3, -0.25) is 0 Å². The van der Waals surface area contributed by atoms with Crippen LogP contribution in [0.4, 0.5) is 17.1 Å². The fraction of sp³-hybridized carbons (Fsp3) is 0.333. The molecule has 1 aromatic rings. The number of allylic oxidation sites excluding steroid dienone is 2. The van der Waals surface area contributed by atoms with Crippen molar-refractivity contribution in [2.24, 2.45) is 0 Å². The van der Waals surface area contributed by atoms with Crippen LogP contribution in [0.2, 0.25) is 0 Å². The molecule has 6 heteroatoms. The van der Waals surface area contributed by atoms with Crippen LogP contribution < -0.4 is 21.1 Å². The van der Waals surface area contributed by atoms with E-state index in [-0.39, 0.29) is 5.60 Å². The minimum Gasteiger partial charge on any atom is -0.484 e. The molecule has 0 spiro atoms. The number of rotatable bonds is 1. The maximum absolute atomic E-state index is 6.05. The first-order chi connectivity index (χ1) is 9.91. The Balaban J connectivity index is 1.84. The zero-order chi connectivity index (χ0) is 14.8. The Labute approximate surface area is 123 Å². The van der Waals surface area contributed by atoms with Gasteiger partial charge in [-0.05, 0) is 32.1 Å². The van der Waals surface area contributed by atoms with E-state index in [1.165, 1.54) is 0 Å². The molecule has 1 fully saturated rings. The van der Waals surface area contributed by atoms with Crippen LogP contribution in [0.5, 0.6) is 5.75 Å². The van der Waals surface area contributed by atoms with Crippen molar-refractivity contribution in [2.45, 2.75) is 25.3 Å². The van der Waals surface area contributed by atoms with Gasteiger partial charge in [-0.15, -0.1) is 0 Å². The van der Waals surface area contributed by atoms with Gasteiger partial charge in [0.1, 0.15) is 11.4 Å². The Morgan fingerprint density at radius 3 is 2.67 bits per heavy atom. The largest absolute Gasteiger partial charge is 0.484 e. The van der Waals surface area contributed by atoms with Gasteiger partial charge in [-0.1, -0.05) is 6.08 Å². The van der Waals surface area contributed by atoms with Crippen LogP contribution in [-0.4, -0.2) is 23.1 Å². The lowest BCUT2D eigenvalue weighted by molar-refractivity contribution is 0.0966. The number of ether oxygens (including phenoxy) is 1. The van der Waals surface area contributed by atoms with Gasteiger partial charge in [0, 0.05) is 12.3 Å². The standard InChI is InChI=1S/C15H18N4O2/c1-14(2)9-18(15-5-3-4-6-19(15)21-15)12-7-10(16)11(17)8-13(12)20-14/h3-8H,9,16-17H2,1-2H3. The van der Waals surface area contributed by atoms with Crippen LogP contribution in [0.15, 0.2) is 36.6 Å². The van der Waals surface area contributed by atoms with Gasteiger partial charge in [-0.2, -0.15) is 5.06 Å². The molecular formula is C15H18N4O2. The van der Waals surface area contributed by atoms with Crippen molar-refractivity contribution in [1.29, 1.82) is 0 Å². The minimum absolute atomic E-state index is 0.350. The van der Waals surface area contributed by atoms with Crippen molar-refractivity contribution < 1.29 is 9.57 Å². The summed E-state index contributed by atoms with van der Waals surface area (Å²) in [5.74, 6) is 0.151. The van der Waals surface area contributed by atoms with Gasteiger partial charge in [0.05, 0.1) is 23.6 Å². The van der Waals surface area contributed by atoms with Crippen molar-refractivity contribution in [3.63, 3.8) is 0 Å². The quantitative estimate of drug-likeness (QED) is 0.605. The van der Waals surface area contributed by atoms with Gasteiger partial charge < -0.3 is 21.1 Å². The number of benzene rings is 1. The summed E-state index contributed by atoms with van der Waals surface area (Å²) in [6.07, 6.45) is 7.84. The highest BCUT2D eigenvalue weighted by atomic mass is 16.9. The molecule has 0 bridgehead atoms. The third-order valence-electron chi connectivity index (χ3n) is 3.93. The molecule has 0 aliphatic carbocycles. The summed E-state index contributed by atoms with van der Waals surface area (Å²) < 4.78 is 6.05. The van der Waals surface area contributed by atoms with E-state index >= 15 is 0 Å². The van der Waals surface area contributed by atoms with Crippen molar-refractivity contribution in [1.82, 2.24) is 5.06 Å². The maximum Gasteiger partial charge on any atom is 0.288 e. The molecular weight excluding hydrogens is 268 g/mol. The first-order valence-corrected chi connectivity index (χ1v) is 6.91. The number of fused-ring (bicyclic) bond motifs is 2. The second kappa shape index (κ2) is 3.65. The first-order valence-electron chi connectivity index (χ1n) is 6.91. The summed E-state index contributed by atoms with van der Waals surface area (Å²) in [4.78, 5) is 7.94. The van der Waals surface area contributed by atoms with Crippen molar-refractivity contribution in [3.05, 3.63) is 36.6 Å². The molecule has 21 heavy (non-hydrogen) atoms. The summed E-state index contributed by atoms with van der Waals surface area (Å²) in [6.45, 7) is 4.76. The van der Waals surface area contributed by atoms with Crippen LogP contribution in [0.3, 0.4) is 0 Å². The molecule has 0 saturated carbocycles. The molecule has 1 atom stereocenters. The molecule has 3 aliphatic rings. The van der Waals surface area contributed by atoms with E-state index in [1.807, 2.05) is 49.4 Å². The van der Waals surface area contributed by atoms with Gasteiger partial charge in [0.15, 0.2) is 0 Å². The SMILES string of the molecule is CC1(C)CN(C23C=CC=CN2O3)c2cc(N)c(N)cc2O1. The lowest BCUT2D eigenvalue weighted by atomic mass is 10.0. The average molecular weight is 286 g/mol. The Morgan fingerprint density at radius 1 is 1.14 bits per heavy atom. The predicted octanol–water partition coefficient (Wildman–Crippen LogP) is 1.81. The van der Waals surface area contributed by atoms with Crippen LogP contribution in [-0.2, 0) is 4.84 Å².